The fourth-order valence-corrected chi connectivity index (χ4v) is 2.78. The van der Waals surface area contributed by atoms with Crippen molar-refractivity contribution in [1.82, 2.24) is 0 Å². The van der Waals surface area contributed by atoms with E-state index in [9.17, 15) is 9.59 Å². The summed E-state index contributed by atoms with van der Waals surface area (Å²) in [5, 5.41) is 0. The van der Waals surface area contributed by atoms with E-state index in [2.05, 4.69) is 0 Å². The van der Waals surface area contributed by atoms with Gasteiger partial charge in [0.2, 0.25) is 0 Å². The van der Waals surface area contributed by atoms with Crippen molar-refractivity contribution in [2.75, 3.05) is 0 Å². The Balaban J connectivity index is 2.08. The average molecular weight is 264 g/mol. The lowest BCUT2D eigenvalue weighted by atomic mass is 9.87. The van der Waals surface area contributed by atoms with Gasteiger partial charge in [-0.05, 0) is 24.5 Å². The van der Waals surface area contributed by atoms with E-state index in [1.54, 1.807) is 0 Å². The SMILES string of the molecule is Cc1ccc(C2C(=O)CCc3ccccc3C2=O)cc1. The highest BCUT2D eigenvalue weighted by Gasteiger charge is 2.32. The molecule has 1 aliphatic rings. The Morgan fingerprint density at radius 1 is 0.900 bits per heavy atom. The number of carbonyl (C=O) groups is 2. The van der Waals surface area contributed by atoms with Crippen molar-refractivity contribution in [2.45, 2.75) is 25.7 Å². The summed E-state index contributed by atoms with van der Waals surface area (Å²) in [6, 6.07) is 15.2. The Morgan fingerprint density at radius 3 is 2.35 bits per heavy atom. The van der Waals surface area contributed by atoms with Crippen LogP contribution in [0, 0.1) is 6.92 Å². The van der Waals surface area contributed by atoms with Gasteiger partial charge in [-0.15, -0.1) is 0 Å². The second-order valence-corrected chi connectivity index (χ2v) is 5.33. The molecule has 0 fully saturated rings. The Kier molecular flexibility index (Phi) is 3.23. The zero-order chi connectivity index (χ0) is 14.1. The highest BCUT2D eigenvalue weighted by molar-refractivity contribution is 6.16. The van der Waals surface area contributed by atoms with Crippen LogP contribution in [-0.2, 0) is 11.2 Å². The summed E-state index contributed by atoms with van der Waals surface area (Å²) in [4.78, 5) is 25.1. The maximum absolute atomic E-state index is 12.7. The number of hydrogen-bond acceptors (Lipinski definition) is 2. The van der Waals surface area contributed by atoms with Gasteiger partial charge in [0.15, 0.2) is 5.78 Å². The monoisotopic (exact) mass is 264 g/mol. The molecule has 2 nitrogen and oxygen atoms in total. The minimum absolute atomic E-state index is 0.0232. The summed E-state index contributed by atoms with van der Waals surface area (Å²) in [7, 11) is 0. The van der Waals surface area contributed by atoms with E-state index in [1.807, 2.05) is 55.5 Å². The van der Waals surface area contributed by atoms with E-state index in [-0.39, 0.29) is 11.6 Å². The fourth-order valence-electron chi connectivity index (χ4n) is 2.78. The highest BCUT2D eigenvalue weighted by Crippen LogP contribution is 2.29. The van der Waals surface area contributed by atoms with Crippen LogP contribution in [0.4, 0.5) is 0 Å². The van der Waals surface area contributed by atoms with E-state index in [1.165, 1.54) is 0 Å². The van der Waals surface area contributed by atoms with Crippen LogP contribution >= 0.6 is 0 Å². The lowest BCUT2D eigenvalue weighted by Crippen LogP contribution is -2.20. The Hall–Kier alpha value is -2.22. The molecule has 1 aliphatic carbocycles. The molecule has 0 amide bonds. The van der Waals surface area contributed by atoms with Crippen molar-refractivity contribution in [3.8, 4) is 0 Å². The molecule has 2 heteroatoms. The molecule has 0 aromatic heterocycles. The van der Waals surface area contributed by atoms with E-state index in [0.717, 1.165) is 16.7 Å². The third-order valence-electron chi connectivity index (χ3n) is 3.92. The second kappa shape index (κ2) is 5.04. The van der Waals surface area contributed by atoms with Crippen molar-refractivity contribution in [3.63, 3.8) is 0 Å². The van der Waals surface area contributed by atoms with Gasteiger partial charge in [0.25, 0.3) is 0 Å². The molecule has 0 saturated heterocycles. The van der Waals surface area contributed by atoms with Gasteiger partial charge in [-0.2, -0.15) is 0 Å². The third kappa shape index (κ3) is 2.18. The van der Waals surface area contributed by atoms with E-state index < -0.39 is 5.92 Å². The first-order chi connectivity index (χ1) is 9.66. The van der Waals surface area contributed by atoms with Crippen molar-refractivity contribution in [1.29, 1.82) is 0 Å². The molecule has 3 rings (SSSR count). The van der Waals surface area contributed by atoms with Crippen molar-refractivity contribution >= 4 is 11.6 Å². The number of Topliss-reactive ketones (excluding diaryl/α,β-unsaturated/α-hetero) is 2. The normalized spacial score (nSPS) is 18.6. The lowest BCUT2D eigenvalue weighted by Gasteiger charge is -2.13. The molecule has 0 N–H and O–H groups in total. The highest BCUT2D eigenvalue weighted by atomic mass is 16.2. The van der Waals surface area contributed by atoms with Gasteiger partial charge in [0.05, 0.1) is 0 Å². The lowest BCUT2D eigenvalue weighted by molar-refractivity contribution is -0.119. The third-order valence-corrected chi connectivity index (χ3v) is 3.92. The van der Waals surface area contributed by atoms with Crippen LogP contribution in [0.3, 0.4) is 0 Å². The number of fused-ring (bicyclic) bond motifs is 1. The van der Waals surface area contributed by atoms with Gasteiger partial charge >= 0.3 is 0 Å². The zero-order valence-corrected chi connectivity index (χ0v) is 11.4. The molecule has 0 radical (unpaired) electrons. The molecule has 1 unspecified atom stereocenters. The van der Waals surface area contributed by atoms with Crippen LogP contribution in [0.2, 0.25) is 0 Å². The molecule has 0 bridgehead atoms. The largest absolute Gasteiger partial charge is 0.298 e. The molecular weight excluding hydrogens is 248 g/mol. The smallest absolute Gasteiger partial charge is 0.178 e. The Morgan fingerprint density at radius 2 is 1.60 bits per heavy atom. The molecule has 0 aliphatic heterocycles. The van der Waals surface area contributed by atoms with Gasteiger partial charge in [-0.1, -0.05) is 54.1 Å². The molecule has 1 atom stereocenters. The quantitative estimate of drug-likeness (QED) is 0.583. The van der Waals surface area contributed by atoms with Gasteiger partial charge < -0.3 is 0 Å². The predicted octanol–water partition coefficient (Wildman–Crippen LogP) is 3.48. The molecule has 0 saturated carbocycles. The van der Waals surface area contributed by atoms with Crippen LogP contribution in [0.25, 0.3) is 0 Å². The number of rotatable bonds is 1. The zero-order valence-electron chi connectivity index (χ0n) is 11.4. The summed E-state index contributed by atoms with van der Waals surface area (Å²) in [5.41, 5.74) is 3.62. The van der Waals surface area contributed by atoms with Crippen molar-refractivity contribution in [2.24, 2.45) is 0 Å². The standard InChI is InChI=1S/C18H16O2/c1-12-6-8-14(9-7-12)17-16(19)11-10-13-4-2-3-5-15(13)18(17)20/h2-9,17H,10-11H2,1H3. The minimum Gasteiger partial charge on any atom is -0.298 e. The van der Waals surface area contributed by atoms with Crippen LogP contribution in [0.1, 0.15) is 39.4 Å². The number of aryl methyl sites for hydroxylation is 2. The van der Waals surface area contributed by atoms with Gasteiger partial charge in [0.1, 0.15) is 11.7 Å². The Bertz CT molecular complexity index is 668. The van der Waals surface area contributed by atoms with E-state index >= 15 is 0 Å². The molecular formula is C18H16O2. The minimum atomic E-state index is -0.640. The number of hydrogen-bond donors (Lipinski definition) is 0. The van der Waals surface area contributed by atoms with Gasteiger partial charge in [-0.25, -0.2) is 0 Å². The van der Waals surface area contributed by atoms with Crippen LogP contribution in [-0.4, -0.2) is 11.6 Å². The first-order valence-electron chi connectivity index (χ1n) is 6.88. The van der Waals surface area contributed by atoms with Crippen molar-refractivity contribution < 1.29 is 9.59 Å². The van der Waals surface area contributed by atoms with Crippen LogP contribution in [0.5, 0.6) is 0 Å². The van der Waals surface area contributed by atoms with Gasteiger partial charge in [0, 0.05) is 12.0 Å². The van der Waals surface area contributed by atoms with Crippen molar-refractivity contribution in [3.05, 3.63) is 70.8 Å². The topological polar surface area (TPSA) is 34.1 Å². The summed E-state index contributed by atoms with van der Waals surface area (Å²) in [6.07, 6.45) is 1.09. The molecule has 20 heavy (non-hydrogen) atoms. The summed E-state index contributed by atoms with van der Waals surface area (Å²) in [6.45, 7) is 2.00. The summed E-state index contributed by atoms with van der Waals surface area (Å²) < 4.78 is 0. The van der Waals surface area contributed by atoms with E-state index in [0.29, 0.717) is 18.4 Å². The number of benzene rings is 2. The average Bonchev–Trinajstić information content (AvgIpc) is 2.59. The fraction of sp³-hybridized carbons (Fsp3) is 0.222. The molecule has 2 aromatic carbocycles. The van der Waals surface area contributed by atoms with E-state index in [4.69, 9.17) is 0 Å². The maximum Gasteiger partial charge on any atom is 0.178 e. The Labute approximate surface area is 118 Å². The van der Waals surface area contributed by atoms with Crippen LogP contribution in [0.15, 0.2) is 48.5 Å². The molecule has 0 spiro atoms. The summed E-state index contributed by atoms with van der Waals surface area (Å²) >= 11 is 0. The number of ketones is 2. The predicted molar refractivity (Wildman–Crippen MR) is 78.0 cm³/mol. The second-order valence-electron chi connectivity index (χ2n) is 5.33. The molecule has 2 aromatic rings. The molecule has 100 valence electrons. The van der Waals surface area contributed by atoms with Gasteiger partial charge in [-0.3, -0.25) is 9.59 Å². The first-order valence-corrected chi connectivity index (χ1v) is 6.88. The summed E-state index contributed by atoms with van der Waals surface area (Å²) in [5.74, 6) is -0.679. The number of carbonyl (C=O) groups excluding carboxylic acids is 2. The first kappa shape index (κ1) is 12.8. The maximum atomic E-state index is 12.7. The van der Waals surface area contributed by atoms with Crippen LogP contribution < -0.4 is 0 Å². The molecule has 0 heterocycles.